The lowest BCUT2D eigenvalue weighted by Crippen LogP contribution is -2.07. The van der Waals surface area contributed by atoms with E-state index in [2.05, 4.69) is 58.4 Å². The molecule has 0 aliphatic heterocycles. The first-order chi connectivity index (χ1) is 14.8. The standard InChI is InChI=1S/C24H21N5S/c1-2-14-28-21-12-7-6-11-20(21)26-24(28)25-16-18-17-29(19-9-4-3-5-10-19)27-23(18)22-13-8-15-30-22/h2-13,15,17H,1,14,16H2,(H,25,26). The van der Waals surface area contributed by atoms with E-state index < -0.39 is 0 Å². The summed E-state index contributed by atoms with van der Waals surface area (Å²) in [4.78, 5) is 5.94. The Bertz CT molecular complexity index is 1280. The first-order valence-corrected chi connectivity index (χ1v) is 10.7. The lowest BCUT2D eigenvalue weighted by atomic mass is 10.2. The molecule has 0 spiro atoms. The third kappa shape index (κ3) is 3.42. The molecule has 30 heavy (non-hydrogen) atoms. The van der Waals surface area contributed by atoms with Gasteiger partial charge < -0.3 is 9.88 Å². The number of thiophene rings is 1. The van der Waals surface area contributed by atoms with Crippen LogP contribution in [0, 0.1) is 0 Å². The van der Waals surface area contributed by atoms with Crippen LogP contribution in [0.5, 0.6) is 0 Å². The Hall–Kier alpha value is -3.64. The highest BCUT2D eigenvalue weighted by Gasteiger charge is 2.15. The summed E-state index contributed by atoms with van der Waals surface area (Å²) in [5, 5.41) is 10.5. The van der Waals surface area contributed by atoms with Crippen LogP contribution < -0.4 is 5.32 Å². The molecule has 3 aromatic heterocycles. The summed E-state index contributed by atoms with van der Waals surface area (Å²) in [5.74, 6) is 0.834. The lowest BCUT2D eigenvalue weighted by Gasteiger charge is -2.08. The molecule has 0 atom stereocenters. The molecule has 0 saturated carbocycles. The summed E-state index contributed by atoms with van der Waals surface area (Å²) in [5.41, 5.74) is 5.23. The number of fused-ring (bicyclic) bond motifs is 1. The summed E-state index contributed by atoms with van der Waals surface area (Å²) in [6, 6.07) is 22.5. The molecule has 0 unspecified atom stereocenters. The highest BCUT2D eigenvalue weighted by molar-refractivity contribution is 7.13. The van der Waals surface area contributed by atoms with Crippen molar-refractivity contribution in [2.24, 2.45) is 0 Å². The van der Waals surface area contributed by atoms with Crippen LogP contribution in [0.3, 0.4) is 0 Å². The molecule has 148 valence electrons. The van der Waals surface area contributed by atoms with E-state index in [1.807, 2.05) is 47.2 Å². The second-order valence-corrected chi connectivity index (χ2v) is 7.89. The van der Waals surface area contributed by atoms with Gasteiger partial charge in [-0.15, -0.1) is 17.9 Å². The fourth-order valence-electron chi connectivity index (χ4n) is 3.57. The van der Waals surface area contributed by atoms with Gasteiger partial charge in [0.25, 0.3) is 0 Å². The smallest absolute Gasteiger partial charge is 0.204 e. The molecule has 3 heterocycles. The number of nitrogens with zero attached hydrogens (tertiary/aromatic N) is 4. The van der Waals surface area contributed by atoms with E-state index in [-0.39, 0.29) is 0 Å². The van der Waals surface area contributed by atoms with Crippen molar-refractivity contribution >= 4 is 28.3 Å². The van der Waals surface area contributed by atoms with Crippen LogP contribution in [0.2, 0.25) is 0 Å². The SMILES string of the molecule is C=CCn1c(NCc2cn(-c3ccccc3)nc2-c2cccs2)nc2ccccc21. The Morgan fingerprint density at radius 2 is 1.83 bits per heavy atom. The van der Waals surface area contributed by atoms with Gasteiger partial charge in [-0.05, 0) is 35.7 Å². The van der Waals surface area contributed by atoms with E-state index in [0.29, 0.717) is 13.1 Å². The summed E-state index contributed by atoms with van der Waals surface area (Å²) in [7, 11) is 0. The molecule has 0 radical (unpaired) electrons. The van der Waals surface area contributed by atoms with Crippen LogP contribution in [0.15, 0.2) is 91.0 Å². The molecule has 0 fully saturated rings. The van der Waals surface area contributed by atoms with Crippen LogP contribution in [0.25, 0.3) is 27.3 Å². The fraction of sp³-hybridized carbons (Fsp3) is 0.0833. The number of aromatic nitrogens is 4. The highest BCUT2D eigenvalue weighted by atomic mass is 32.1. The number of benzene rings is 2. The van der Waals surface area contributed by atoms with E-state index in [0.717, 1.165) is 38.8 Å². The van der Waals surface area contributed by atoms with Gasteiger partial charge in [-0.2, -0.15) is 5.10 Å². The molecule has 5 nitrogen and oxygen atoms in total. The zero-order valence-electron chi connectivity index (χ0n) is 16.4. The minimum absolute atomic E-state index is 0.626. The molecule has 6 heteroatoms. The molecular weight excluding hydrogens is 390 g/mol. The number of para-hydroxylation sites is 3. The van der Waals surface area contributed by atoms with Gasteiger partial charge in [0.2, 0.25) is 5.95 Å². The van der Waals surface area contributed by atoms with Crippen molar-refractivity contribution in [3.63, 3.8) is 0 Å². The number of rotatable bonds is 7. The van der Waals surface area contributed by atoms with Crippen LogP contribution in [-0.2, 0) is 13.1 Å². The van der Waals surface area contributed by atoms with Crippen molar-refractivity contribution in [3.05, 3.63) is 96.5 Å². The molecule has 0 saturated heterocycles. The number of anilines is 1. The monoisotopic (exact) mass is 411 g/mol. The third-order valence-corrected chi connectivity index (χ3v) is 5.85. The maximum atomic E-state index is 4.88. The Morgan fingerprint density at radius 3 is 2.63 bits per heavy atom. The van der Waals surface area contributed by atoms with Crippen molar-refractivity contribution in [3.8, 4) is 16.3 Å². The molecule has 0 amide bonds. The van der Waals surface area contributed by atoms with Crippen molar-refractivity contribution in [2.45, 2.75) is 13.1 Å². The predicted molar refractivity (Wildman–Crippen MR) is 124 cm³/mol. The number of allylic oxidation sites excluding steroid dienone is 1. The van der Waals surface area contributed by atoms with Crippen LogP contribution in [-0.4, -0.2) is 19.3 Å². The van der Waals surface area contributed by atoms with Crippen LogP contribution >= 0.6 is 11.3 Å². The summed E-state index contributed by atoms with van der Waals surface area (Å²) < 4.78 is 4.09. The second-order valence-electron chi connectivity index (χ2n) is 6.94. The van der Waals surface area contributed by atoms with E-state index in [1.54, 1.807) is 11.3 Å². The minimum atomic E-state index is 0.626. The van der Waals surface area contributed by atoms with E-state index in [1.165, 1.54) is 0 Å². The van der Waals surface area contributed by atoms with E-state index in [9.17, 15) is 0 Å². The summed E-state index contributed by atoms with van der Waals surface area (Å²) >= 11 is 1.70. The van der Waals surface area contributed by atoms with Gasteiger partial charge in [-0.25, -0.2) is 9.67 Å². The first kappa shape index (κ1) is 18.4. The van der Waals surface area contributed by atoms with Crippen molar-refractivity contribution in [2.75, 3.05) is 5.32 Å². The van der Waals surface area contributed by atoms with Gasteiger partial charge in [0.15, 0.2) is 0 Å². The van der Waals surface area contributed by atoms with Gasteiger partial charge in [0.1, 0.15) is 5.69 Å². The second kappa shape index (κ2) is 8.00. The lowest BCUT2D eigenvalue weighted by molar-refractivity contribution is 0.846. The Balaban J connectivity index is 1.51. The molecule has 2 aromatic carbocycles. The maximum Gasteiger partial charge on any atom is 0.204 e. The van der Waals surface area contributed by atoms with Crippen molar-refractivity contribution < 1.29 is 0 Å². The Kier molecular flexibility index (Phi) is 4.91. The number of hydrogen-bond donors (Lipinski definition) is 1. The average molecular weight is 412 g/mol. The Labute approximate surface area is 178 Å². The zero-order valence-corrected chi connectivity index (χ0v) is 17.2. The van der Waals surface area contributed by atoms with Gasteiger partial charge in [-0.1, -0.05) is 42.5 Å². The van der Waals surface area contributed by atoms with Gasteiger partial charge in [-0.3, -0.25) is 0 Å². The number of hydrogen-bond acceptors (Lipinski definition) is 4. The molecule has 0 aliphatic carbocycles. The molecule has 0 bridgehead atoms. The first-order valence-electron chi connectivity index (χ1n) is 9.81. The Morgan fingerprint density at radius 1 is 1.00 bits per heavy atom. The van der Waals surface area contributed by atoms with Crippen LogP contribution in [0.4, 0.5) is 5.95 Å². The van der Waals surface area contributed by atoms with E-state index in [4.69, 9.17) is 10.1 Å². The quantitative estimate of drug-likeness (QED) is 0.347. The molecular formula is C24H21N5S. The molecule has 1 N–H and O–H groups in total. The zero-order chi connectivity index (χ0) is 20.3. The minimum Gasteiger partial charge on any atom is -0.351 e. The van der Waals surface area contributed by atoms with Gasteiger partial charge in [0, 0.05) is 24.8 Å². The number of nitrogens with one attached hydrogen (secondary N) is 1. The van der Waals surface area contributed by atoms with E-state index >= 15 is 0 Å². The maximum absolute atomic E-state index is 4.88. The normalized spacial score (nSPS) is 11.1. The highest BCUT2D eigenvalue weighted by Crippen LogP contribution is 2.29. The fourth-order valence-corrected chi connectivity index (χ4v) is 4.32. The molecule has 5 rings (SSSR count). The van der Waals surface area contributed by atoms with Gasteiger partial charge >= 0.3 is 0 Å². The molecule has 5 aromatic rings. The molecule has 0 aliphatic rings. The topological polar surface area (TPSA) is 47.7 Å². The van der Waals surface area contributed by atoms with Crippen molar-refractivity contribution in [1.29, 1.82) is 0 Å². The average Bonchev–Trinajstić information content (AvgIpc) is 3.52. The summed E-state index contributed by atoms with van der Waals surface area (Å²) in [6.07, 6.45) is 3.99. The van der Waals surface area contributed by atoms with Gasteiger partial charge in [0.05, 0.1) is 21.6 Å². The third-order valence-electron chi connectivity index (χ3n) is 4.97. The predicted octanol–water partition coefficient (Wildman–Crippen LogP) is 5.75. The number of imidazole rings is 1. The largest absolute Gasteiger partial charge is 0.351 e. The van der Waals surface area contributed by atoms with Crippen molar-refractivity contribution in [1.82, 2.24) is 19.3 Å². The van der Waals surface area contributed by atoms with Crippen LogP contribution in [0.1, 0.15) is 5.56 Å². The summed E-state index contributed by atoms with van der Waals surface area (Å²) in [6.45, 7) is 5.22.